The summed E-state index contributed by atoms with van der Waals surface area (Å²) >= 11 is 0. The third-order valence-corrected chi connectivity index (χ3v) is 2.89. The lowest BCUT2D eigenvalue weighted by atomic mass is 9.82. The van der Waals surface area contributed by atoms with Gasteiger partial charge in [-0.15, -0.1) is 0 Å². The zero-order chi connectivity index (χ0) is 11.3. The minimum absolute atomic E-state index is 0.0249. The molecule has 86 valence electrons. The summed E-state index contributed by atoms with van der Waals surface area (Å²) < 4.78 is 4.90. The number of nitrogens with one attached hydrogen (secondary N) is 1. The highest BCUT2D eigenvalue weighted by atomic mass is 16.5. The third kappa shape index (κ3) is 3.22. The molecule has 4 heteroatoms. The van der Waals surface area contributed by atoms with Crippen LogP contribution in [-0.2, 0) is 14.3 Å². The number of amides is 1. The van der Waals surface area contributed by atoms with E-state index in [1.165, 1.54) is 0 Å². The molecule has 1 fully saturated rings. The van der Waals surface area contributed by atoms with E-state index in [9.17, 15) is 9.59 Å². The molecule has 1 N–H and O–H groups in total. The fourth-order valence-corrected chi connectivity index (χ4v) is 2.12. The Bertz CT molecular complexity index is 240. The number of hydrogen-bond acceptors (Lipinski definition) is 3. The number of carbonyl (C=O) groups is 2. The van der Waals surface area contributed by atoms with Crippen molar-refractivity contribution in [2.24, 2.45) is 11.8 Å². The van der Waals surface area contributed by atoms with Crippen molar-refractivity contribution in [3.8, 4) is 0 Å². The predicted molar refractivity (Wildman–Crippen MR) is 56.1 cm³/mol. The zero-order valence-corrected chi connectivity index (χ0v) is 9.41. The largest absolute Gasteiger partial charge is 0.466 e. The van der Waals surface area contributed by atoms with Crippen LogP contribution in [0.5, 0.6) is 0 Å². The van der Waals surface area contributed by atoms with Gasteiger partial charge < -0.3 is 10.1 Å². The maximum absolute atomic E-state index is 11.5. The van der Waals surface area contributed by atoms with Crippen LogP contribution in [-0.4, -0.2) is 25.0 Å². The zero-order valence-electron chi connectivity index (χ0n) is 9.41. The molecule has 0 aliphatic carbocycles. The van der Waals surface area contributed by atoms with Crippen LogP contribution in [0.3, 0.4) is 0 Å². The van der Waals surface area contributed by atoms with Gasteiger partial charge in [-0.25, -0.2) is 0 Å². The monoisotopic (exact) mass is 213 g/mol. The van der Waals surface area contributed by atoms with Gasteiger partial charge in [-0.3, -0.25) is 9.59 Å². The van der Waals surface area contributed by atoms with Gasteiger partial charge in [-0.05, 0) is 25.7 Å². The summed E-state index contributed by atoms with van der Waals surface area (Å²) in [5.74, 6) is 0.0275. The Morgan fingerprint density at radius 3 is 2.87 bits per heavy atom. The molecule has 2 atom stereocenters. The molecule has 1 saturated heterocycles. The van der Waals surface area contributed by atoms with Gasteiger partial charge in [0.05, 0.1) is 6.61 Å². The smallest absolute Gasteiger partial charge is 0.306 e. The first-order valence-electron chi connectivity index (χ1n) is 5.62. The van der Waals surface area contributed by atoms with Crippen LogP contribution in [0.4, 0.5) is 0 Å². The summed E-state index contributed by atoms with van der Waals surface area (Å²) in [4.78, 5) is 22.8. The average molecular weight is 213 g/mol. The molecule has 1 aliphatic rings. The van der Waals surface area contributed by atoms with Crippen molar-refractivity contribution >= 4 is 11.9 Å². The van der Waals surface area contributed by atoms with Gasteiger partial charge in [-0.2, -0.15) is 0 Å². The molecule has 1 heterocycles. The molecule has 1 amide bonds. The molecule has 0 radical (unpaired) electrons. The number of rotatable bonds is 4. The standard InChI is InChI=1S/C11H19NO3/c1-3-9-8(5-6-12-11(9)14)7-10(13)15-4-2/h8-9H,3-7H2,1-2H3,(H,12,14)/t8-,9+/m0/s1. The summed E-state index contributed by atoms with van der Waals surface area (Å²) in [7, 11) is 0. The van der Waals surface area contributed by atoms with E-state index in [2.05, 4.69) is 5.32 Å². The molecule has 0 bridgehead atoms. The van der Waals surface area contributed by atoms with Gasteiger partial charge in [0.15, 0.2) is 0 Å². The van der Waals surface area contributed by atoms with Gasteiger partial charge in [0.1, 0.15) is 0 Å². The first-order chi connectivity index (χ1) is 7.19. The van der Waals surface area contributed by atoms with E-state index in [4.69, 9.17) is 4.74 Å². The lowest BCUT2D eigenvalue weighted by Gasteiger charge is -2.29. The van der Waals surface area contributed by atoms with Crippen molar-refractivity contribution < 1.29 is 14.3 Å². The molecule has 0 spiro atoms. The van der Waals surface area contributed by atoms with Crippen LogP contribution in [0, 0.1) is 11.8 Å². The maximum atomic E-state index is 11.5. The third-order valence-electron chi connectivity index (χ3n) is 2.89. The molecule has 1 rings (SSSR count). The lowest BCUT2D eigenvalue weighted by molar-refractivity contribution is -0.145. The molecule has 0 aromatic rings. The highest BCUT2D eigenvalue weighted by Gasteiger charge is 2.31. The molecule has 15 heavy (non-hydrogen) atoms. The number of hydrogen-bond donors (Lipinski definition) is 1. The van der Waals surface area contributed by atoms with Crippen LogP contribution in [0.2, 0.25) is 0 Å². The van der Waals surface area contributed by atoms with E-state index in [-0.39, 0.29) is 23.7 Å². The molecule has 1 aliphatic heterocycles. The Morgan fingerprint density at radius 1 is 1.53 bits per heavy atom. The number of piperidine rings is 1. The second kappa shape index (κ2) is 5.73. The number of carbonyl (C=O) groups excluding carboxylic acids is 2. The van der Waals surface area contributed by atoms with Gasteiger partial charge in [-0.1, -0.05) is 6.92 Å². The fraction of sp³-hybridized carbons (Fsp3) is 0.818. The van der Waals surface area contributed by atoms with Crippen molar-refractivity contribution in [3.63, 3.8) is 0 Å². The first-order valence-corrected chi connectivity index (χ1v) is 5.62. The number of esters is 1. The van der Waals surface area contributed by atoms with Crippen LogP contribution in [0.15, 0.2) is 0 Å². The van der Waals surface area contributed by atoms with Gasteiger partial charge >= 0.3 is 5.97 Å². The topological polar surface area (TPSA) is 55.4 Å². The molecule has 0 saturated carbocycles. The molecule has 4 nitrogen and oxygen atoms in total. The summed E-state index contributed by atoms with van der Waals surface area (Å²) in [6.07, 6.45) is 2.04. The number of ether oxygens (including phenoxy) is 1. The van der Waals surface area contributed by atoms with Gasteiger partial charge in [0.2, 0.25) is 5.91 Å². The van der Waals surface area contributed by atoms with Crippen molar-refractivity contribution in [3.05, 3.63) is 0 Å². The Morgan fingerprint density at radius 2 is 2.27 bits per heavy atom. The van der Waals surface area contributed by atoms with E-state index in [0.717, 1.165) is 12.8 Å². The Kier molecular flexibility index (Phi) is 4.59. The maximum Gasteiger partial charge on any atom is 0.306 e. The normalized spacial score (nSPS) is 25.9. The molecule has 0 unspecified atom stereocenters. The van der Waals surface area contributed by atoms with Gasteiger partial charge in [0.25, 0.3) is 0 Å². The summed E-state index contributed by atoms with van der Waals surface area (Å²) in [6, 6.07) is 0. The van der Waals surface area contributed by atoms with E-state index >= 15 is 0 Å². The second-order valence-corrected chi connectivity index (χ2v) is 3.86. The minimum Gasteiger partial charge on any atom is -0.466 e. The minimum atomic E-state index is -0.185. The van der Waals surface area contributed by atoms with Crippen LogP contribution >= 0.6 is 0 Å². The van der Waals surface area contributed by atoms with Crippen LogP contribution in [0.1, 0.15) is 33.1 Å². The summed E-state index contributed by atoms with van der Waals surface area (Å²) in [5.41, 5.74) is 0. The van der Waals surface area contributed by atoms with Crippen molar-refractivity contribution in [2.45, 2.75) is 33.1 Å². The highest BCUT2D eigenvalue weighted by molar-refractivity contribution is 5.80. The molecule has 0 aromatic heterocycles. The quantitative estimate of drug-likeness (QED) is 0.711. The molecular weight excluding hydrogens is 194 g/mol. The van der Waals surface area contributed by atoms with E-state index in [1.807, 2.05) is 6.92 Å². The Hall–Kier alpha value is -1.06. The lowest BCUT2D eigenvalue weighted by Crippen LogP contribution is -2.42. The summed E-state index contributed by atoms with van der Waals surface area (Å²) in [6.45, 7) is 4.87. The summed E-state index contributed by atoms with van der Waals surface area (Å²) in [5, 5.41) is 2.83. The van der Waals surface area contributed by atoms with E-state index < -0.39 is 0 Å². The van der Waals surface area contributed by atoms with Gasteiger partial charge in [0, 0.05) is 18.9 Å². The van der Waals surface area contributed by atoms with E-state index in [1.54, 1.807) is 6.92 Å². The van der Waals surface area contributed by atoms with Crippen LogP contribution in [0.25, 0.3) is 0 Å². The van der Waals surface area contributed by atoms with Crippen molar-refractivity contribution in [1.29, 1.82) is 0 Å². The second-order valence-electron chi connectivity index (χ2n) is 3.86. The average Bonchev–Trinajstić information content (AvgIpc) is 2.18. The fourth-order valence-electron chi connectivity index (χ4n) is 2.12. The SMILES string of the molecule is CCOC(=O)C[C@@H]1CCNC(=O)[C@@H]1CC. The molecule has 0 aromatic carbocycles. The van der Waals surface area contributed by atoms with E-state index in [0.29, 0.717) is 19.6 Å². The molecular formula is C11H19NO3. The predicted octanol–water partition coefficient (Wildman–Crippen LogP) is 1.10. The Balaban J connectivity index is 2.51. The Labute approximate surface area is 90.4 Å². The van der Waals surface area contributed by atoms with Crippen LogP contribution < -0.4 is 5.32 Å². The van der Waals surface area contributed by atoms with Crippen molar-refractivity contribution in [2.75, 3.05) is 13.2 Å². The van der Waals surface area contributed by atoms with Crippen molar-refractivity contribution in [1.82, 2.24) is 5.32 Å². The first kappa shape index (κ1) is 12.0. The highest BCUT2D eigenvalue weighted by Crippen LogP contribution is 2.26.